The number of hydrogen-bond acceptors (Lipinski definition) is 4. The van der Waals surface area contributed by atoms with E-state index in [2.05, 4.69) is 10.3 Å². The van der Waals surface area contributed by atoms with E-state index < -0.39 is 4.92 Å². The second-order valence-corrected chi connectivity index (χ2v) is 6.50. The molecule has 1 N–H and O–H groups in total. The molecule has 0 aliphatic heterocycles. The van der Waals surface area contributed by atoms with Crippen molar-refractivity contribution in [3.8, 4) is 11.1 Å². The number of nitro benzene ring substituents is 1. The zero-order chi connectivity index (χ0) is 19.7. The van der Waals surface area contributed by atoms with Crippen LogP contribution in [0, 0.1) is 10.1 Å². The van der Waals surface area contributed by atoms with Crippen LogP contribution in [-0.4, -0.2) is 20.2 Å². The highest BCUT2D eigenvalue weighted by Crippen LogP contribution is 2.32. The Morgan fingerprint density at radius 3 is 2.64 bits per heavy atom. The number of hydrogen-bond donors (Lipinski definition) is 1. The van der Waals surface area contributed by atoms with Gasteiger partial charge in [-0.15, -0.1) is 0 Å². The first-order valence-electron chi connectivity index (χ1n) is 8.30. The summed E-state index contributed by atoms with van der Waals surface area (Å²) in [5, 5.41) is 14.8. The second kappa shape index (κ2) is 7.13. The van der Waals surface area contributed by atoms with E-state index in [4.69, 9.17) is 11.6 Å². The van der Waals surface area contributed by atoms with Gasteiger partial charge in [0.15, 0.2) is 0 Å². The van der Waals surface area contributed by atoms with Crippen LogP contribution >= 0.6 is 11.6 Å². The Bertz CT molecular complexity index is 1200. The Morgan fingerprint density at radius 1 is 1.11 bits per heavy atom. The monoisotopic (exact) mass is 392 g/mol. The van der Waals surface area contributed by atoms with Gasteiger partial charge in [-0.05, 0) is 48.5 Å². The van der Waals surface area contributed by atoms with Gasteiger partial charge in [-0.2, -0.15) is 0 Å². The van der Waals surface area contributed by atoms with Crippen molar-refractivity contribution in [3.63, 3.8) is 0 Å². The van der Waals surface area contributed by atoms with Gasteiger partial charge < -0.3 is 9.72 Å². The van der Waals surface area contributed by atoms with Gasteiger partial charge in [-0.1, -0.05) is 11.6 Å². The largest absolute Gasteiger partial charge is 0.322 e. The Morgan fingerprint density at radius 2 is 1.89 bits per heavy atom. The zero-order valence-corrected chi connectivity index (χ0v) is 15.1. The number of fused-ring (bicyclic) bond motifs is 1. The number of halogens is 1. The van der Waals surface area contributed by atoms with Crippen molar-refractivity contribution < 1.29 is 9.72 Å². The molecule has 138 valence electrons. The number of aromatic nitrogens is 2. The van der Waals surface area contributed by atoms with Gasteiger partial charge in [-0.25, -0.2) is 4.98 Å². The van der Waals surface area contributed by atoms with Gasteiger partial charge in [0.25, 0.3) is 11.6 Å². The molecular formula is C20H13ClN4O3. The van der Waals surface area contributed by atoms with Gasteiger partial charge in [0.1, 0.15) is 5.65 Å². The lowest BCUT2D eigenvalue weighted by Gasteiger charge is -2.09. The van der Waals surface area contributed by atoms with Gasteiger partial charge in [0.05, 0.1) is 10.5 Å². The maximum Gasteiger partial charge on any atom is 0.279 e. The standard InChI is InChI=1S/C20H13ClN4O3/c21-15-4-1-13(2-5-15)20(26)23-16-6-7-17(18(11-16)25(27)28)14-3-8-19-22-9-10-24(19)12-14/h1-12H,(H,23,26). The summed E-state index contributed by atoms with van der Waals surface area (Å²) in [6.07, 6.45) is 5.20. The van der Waals surface area contributed by atoms with E-state index in [9.17, 15) is 14.9 Å². The number of benzene rings is 2. The van der Waals surface area contributed by atoms with Crippen molar-refractivity contribution >= 4 is 34.5 Å². The molecule has 2 aromatic carbocycles. The number of nitrogens with zero attached hydrogens (tertiary/aromatic N) is 3. The number of nitro groups is 1. The minimum atomic E-state index is -0.467. The highest BCUT2D eigenvalue weighted by atomic mass is 35.5. The molecule has 0 saturated carbocycles. The van der Waals surface area contributed by atoms with Crippen molar-refractivity contribution in [1.82, 2.24) is 9.38 Å². The lowest BCUT2D eigenvalue weighted by Crippen LogP contribution is -2.12. The molecule has 0 aliphatic rings. The molecule has 0 atom stereocenters. The van der Waals surface area contributed by atoms with Crippen LogP contribution in [0.3, 0.4) is 0 Å². The number of amides is 1. The average Bonchev–Trinajstić information content (AvgIpc) is 3.16. The summed E-state index contributed by atoms with van der Waals surface area (Å²) in [5.41, 5.74) is 2.50. The molecule has 8 heteroatoms. The molecule has 28 heavy (non-hydrogen) atoms. The highest BCUT2D eigenvalue weighted by Gasteiger charge is 2.18. The Balaban J connectivity index is 1.67. The molecule has 7 nitrogen and oxygen atoms in total. The quantitative estimate of drug-likeness (QED) is 0.398. The Kier molecular flexibility index (Phi) is 4.50. The number of carbonyl (C=O) groups is 1. The van der Waals surface area contributed by atoms with Gasteiger partial charge in [0, 0.05) is 46.5 Å². The smallest absolute Gasteiger partial charge is 0.279 e. The van der Waals surface area contributed by atoms with E-state index in [-0.39, 0.29) is 11.6 Å². The minimum Gasteiger partial charge on any atom is -0.322 e. The summed E-state index contributed by atoms with van der Waals surface area (Å²) in [7, 11) is 0. The molecule has 0 saturated heterocycles. The van der Waals surface area contributed by atoms with Gasteiger partial charge >= 0.3 is 0 Å². The molecule has 0 bridgehead atoms. The summed E-state index contributed by atoms with van der Waals surface area (Å²) in [6, 6.07) is 14.5. The van der Waals surface area contributed by atoms with Crippen molar-refractivity contribution in [2.24, 2.45) is 0 Å². The normalized spacial score (nSPS) is 10.8. The molecular weight excluding hydrogens is 380 g/mol. The van der Waals surface area contributed by atoms with E-state index in [1.54, 1.807) is 71.5 Å². The number of rotatable bonds is 4. The van der Waals surface area contributed by atoms with Crippen LogP contribution in [0.2, 0.25) is 5.02 Å². The first-order valence-corrected chi connectivity index (χ1v) is 8.67. The molecule has 4 aromatic rings. The predicted molar refractivity (Wildman–Crippen MR) is 107 cm³/mol. The van der Waals surface area contributed by atoms with Gasteiger partial charge in [-0.3, -0.25) is 14.9 Å². The fraction of sp³-hybridized carbons (Fsp3) is 0. The third-order valence-electron chi connectivity index (χ3n) is 4.26. The zero-order valence-electron chi connectivity index (χ0n) is 14.4. The summed E-state index contributed by atoms with van der Waals surface area (Å²) in [6.45, 7) is 0. The van der Waals surface area contributed by atoms with Gasteiger partial charge in [0.2, 0.25) is 0 Å². The number of anilines is 1. The molecule has 4 rings (SSSR count). The molecule has 0 aliphatic carbocycles. The van der Waals surface area contributed by atoms with Crippen LogP contribution < -0.4 is 5.32 Å². The van der Waals surface area contributed by atoms with Crippen LogP contribution in [-0.2, 0) is 0 Å². The molecule has 0 spiro atoms. The number of carbonyl (C=O) groups excluding carboxylic acids is 1. The number of nitrogens with one attached hydrogen (secondary N) is 1. The second-order valence-electron chi connectivity index (χ2n) is 6.06. The Labute approximate surface area is 164 Å². The average molecular weight is 393 g/mol. The third kappa shape index (κ3) is 3.43. The van der Waals surface area contributed by atoms with Crippen LogP contribution in [0.1, 0.15) is 10.4 Å². The van der Waals surface area contributed by atoms with E-state index >= 15 is 0 Å². The lowest BCUT2D eigenvalue weighted by atomic mass is 10.0. The first-order chi connectivity index (χ1) is 13.5. The summed E-state index contributed by atoms with van der Waals surface area (Å²) in [4.78, 5) is 27.7. The number of imidazole rings is 1. The van der Waals surface area contributed by atoms with Crippen LogP contribution in [0.25, 0.3) is 16.8 Å². The topological polar surface area (TPSA) is 89.5 Å². The molecule has 1 amide bonds. The van der Waals surface area contributed by atoms with E-state index in [1.165, 1.54) is 6.07 Å². The van der Waals surface area contributed by atoms with E-state index in [0.717, 1.165) is 5.65 Å². The summed E-state index contributed by atoms with van der Waals surface area (Å²) >= 11 is 5.82. The third-order valence-corrected chi connectivity index (χ3v) is 4.51. The Hall–Kier alpha value is -3.71. The lowest BCUT2D eigenvalue weighted by molar-refractivity contribution is -0.384. The summed E-state index contributed by atoms with van der Waals surface area (Å²) < 4.78 is 1.79. The number of pyridine rings is 1. The highest BCUT2D eigenvalue weighted by molar-refractivity contribution is 6.30. The van der Waals surface area contributed by atoms with Crippen molar-refractivity contribution in [3.05, 3.63) is 93.9 Å². The van der Waals surface area contributed by atoms with Crippen LogP contribution in [0.4, 0.5) is 11.4 Å². The first kappa shape index (κ1) is 17.7. The van der Waals surface area contributed by atoms with Crippen molar-refractivity contribution in [2.45, 2.75) is 0 Å². The summed E-state index contributed by atoms with van der Waals surface area (Å²) in [5.74, 6) is -0.376. The van der Waals surface area contributed by atoms with E-state index in [1.807, 2.05) is 0 Å². The van der Waals surface area contributed by atoms with Crippen LogP contribution in [0.15, 0.2) is 73.2 Å². The maximum atomic E-state index is 12.3. The van der Waals surface area contributed by atoms with Crippen LogP contribution in [0.5, 0.6) is 0 Å². The van der Waals surface area contributed by atoms with Crippen molar-refractivity contribution in [1.29, 1.82) is 0 Å². The minimum absolute atomic E-state index is 0.103. The fourth-order valence-corrected chi connectivity index (χ4v) is 3.01. The van der Waals surface area contributed by atoms with Crippen molar-refractivity contribution in [2.75, 3.05) is 5.32 Å². The molecule has 2 heterocycles. The molecule has 0 radical (unpaired) electrons. The SMILES string of the molecule is O=C(Nc1ccc(-c2ccc3nccn3c2)c([N+](=O)[O-])c1)c1ccc(Cl)cc1. The maximum absolute atomic E-state index is 12.3. The molecule has 2 aromatic heterocycles. The molecule has 0 fully saturated rings. The fourth-order valence-electron chi connectivity index (χ4n) is 2.89. The molecule has 0 unspecified atom stereocenters. The van der Waals surface area contributed by atoms with E-state index in [0.29, 0.717) is 27.4 Å². The predicted octanol–water partition coefficient (Wildman–Crippen LogP) is 4.82.